The lowest BCUT2D eigenvalue weighted by molar-refractivity contribution is 1.47. The van der Waals surface area contributed by atoms with E-state index in [1.807, 2.05) is 24.3 Å². The Morgan fingerprint density at radius 1 is 1.22 bits per heavy atom. The second-order valence-corrected chi connectivity index (χ2v) is 2.64. The summed E-state index contributed by atoms with van der Waals surface area (Å²) in [6, 6.07) is 7.94. The van der Waals surface area contributed by atoms with Crippen molar-refractivity contribution in [1.29, 1.82) is 0 Å². The summed E-state index contributed by atoms with van der Waals surface area (Å²) in [4.78, 5) is 0. The van der Waals surface area contributed by atoms with Crippen molar-refractivity contribution in [2.45, 2.75) is 4.43 Å². The minimum Gasteiger partial charge on any atom is -0.0967 e. The van der Waals surface area contributed by atoms with Gasteiger partial charge in [0.25, 0.3) is 0 Å². The third-order valence-corrected chi connectivity index (χ3v) is 2.01. The lowest BCUT2D eigenvalue weighted by Crippen LogP contribution is -1.99. The average Bonchev–Trinajstić information content (AvgIpc) is 1.90. The van der Waals surface area contributed by atoms with Gasteiger partial charge in [0.1, 0.15) is 7.85 Å². The highest BCUT2D eigenvalue weighted by atomic mass is 127. The first-order chi connectivity index (χ1) is 4.33. The van der Waals surface area contributed by atoms with Gasteiger partial charge in [-0.15, -0.1) is 0 Å². The Kier molecular flexibility index (Phi) is 2.57. The number of alkyl halides is 1. The molecule has 0 spiro atoms. The number of halogens is 1. The minimum absolute atomic E-state index is 0.837. The van der Waals surface area contributed by atoms with E-state index in [9.17, 15) is 0 Å². The molecule has 0 N–H and O–H groups in total. The number of hydrogen-bond donors (Lipinski definition) is 0. The van der Waals surface area contributed by atoms with Gasteiger partial charge < -0.3 is 0 Å². The second kappa shape index (κ2) is 3.25. The van der Waals surface area contributed by atoms with Crippen molar-refractivity contribution in [2.75, 3.05) is 0 Å². The zero-order chi connectivity index (χ0) is 6.69. The second-order valence-electron chi connectivity index (χ2n) is 1.88. The summed E-state index contributed by atoms with van der Waals surface area (Å²) >= 11 is 2.32. The lowest BCUT2D eigenvalue weighted by Gasteiger charge is -1.93. The van der Waals surface area contributed by atoms with Crippen molar-refractivity contribution < 1.29 is 0 Å². The molecule has 0 unspecified atom stereocenters. The van der Waals surface area contributed by atoms with Crippen LogP contribution in [0.3, 0.4) is 0 Å². The minimum atomic E-state index is 0.837. The van der Waals surface area contributed by atoms with Crippen LogP contribution in [0.5, 0.6) is 0 Å². The molecule has 0 aliphatic carbocycles. The van der Waals surface area contributed by atoms with Gasteiger partial charge in [0, 0.05) is 4.43 Å². The highest BCUT2D eigenvalue weighted by molar-refractivity contribution is 14.1. The Hall–Kier alpha value is 0.0149. The van der Waals surface area contributed by atoms with Gasteiger partial charge in [-0.05, 0) is 5.56 Å². The molecule has 0 aromatic heterocycles. The van der Waals surface area contributed by atoms with E-state index in [1.54, 1.807) is 0 Å². The summed E-state index contributed by atoms with van der Waals surface area (Å²) in [7, 11) is 5.48. The van der Waals surface area contributed by atoms with Crippen LogP contribution in [0.1, 0.15) is 5.56 Å². The van der Waals surface area contributed by atoms with Crippen LogP contribution in [-0.4, -0.2) is 7.85 Å². The van der Waals surface area contributed by atoms with E-state index in [0.717, 1.165) is 9.89 Å². The van der Waals surface area contributed by atoms with Gasteiger partial charge in [0.2, 0.25) is 0 Å². The van der Waals surface area contributed by atoms with Gasteiger partial charge in [0.15, 0.2) is 0 Å². The van der Waals surface area contributed by atoms with E-state index in [1.165, 1.54) is 5.56 Å². The highest BCUT2D eigenvalue weighted by Crippen LogP contribution is 2.01. The maximum Gasteiger partial charge on any atom is 0.113 e. The van der Waals surface area contributed by atoms with Gasteiger partial charge in [0.05, 0.1) is 0 Å². The maximum absolute atomic E-state index is 5.48. The van der Waals surface area contributed by atoms with Crippen molar-refractivity contribution >= 4 is 35.9 Å². The molecule has 0 aliphatic rings. The predicted octanol–water partition coefficient (Wildman–Crippen LogP) is 1.42. The van der Waals surface area contributed by atoms with E-state index < -0.39 is 0 Å². The Labute approximate surface area is 70.2 Å². The highest BCUT2D eigenvalue weighted by Gasteiger charge is 1.85. The fraction of sp³-hybridized carbons (Fsp3) is 0.143. The topological polar surface area (TPSA) is 0 Å². The SMILES string of the molecule is [B]c1ccc(CI)cc1. The molecule has 1 aromatic rings. The molecule has 0 saturated heterocycles. The Morgan fingerprint density at radius 2 is 1.78 bits per heavy atom. The van der Waals surface area contributed by atoms with E-state index in [2.05, 4.69) is 22.6 Å². The summed E-state index contributed by atoms with van der Waals surface area (Å²) in [5.74, 6) is 0. The standard InChI is InChI=1S/C7H6BI/c8-7-3-1-6(5-9)2-4-7/h1-4H,5H2. The molecule has 1 rings (SSSR count). The molecule has 0 fully saturated rings. The predicted molar refractivity (Wildman–Crippen MR) is 49.6 cm³/mol. The Balaban J connectivity index is 2.88. The van der Waals surface area contributed by atoms with Gasteiger partial charge in [-0.3, -0.25) is 0 Å². The fourth-order valence-electron chi connectivity index (χ4n) is 0.607. The Morgan fingerprint density at radius 3 is 2.22 bits per heavy atom. The third-order valence-electron chi connectivity index (χ3n) is 1.13. The lowest BCUT2D eigenvalue weighted by atomic mass is 9.96. The van der Waals surface area contributed by atoms with Gasteiger partial charge in [-0.1, -0.05) is 52.3 Å². The molecule has 1 aromatic carbocycles. The normalized spacial score (nSPS) is 9.44. The van der Waals surface area contributed by atoms with Crippen LogP contribution in [-0.2, 0) is 4.43 Å². The molecule has 0 heterocycles. The first-order valence-electron chi connectivity index (χ1n) is 2.73. The molecule has 0 nitrogen and oxygen atoms in total. The zero-order valence-electron chi connectivity index (χ0n) is 4.97. The molecule has 0 saturated carbocycles. The summed E-state index contributed by atoms with van der Waals surface area (Å²) in [6.45, 7) is 0. The van der Waals surface area contributed by atoms with Crippen molar-refractivity contribution in [3.63, 3.8) is 0 Å². The van der Waals surface area contributed by atoms with E-state index in [0.29, 0.717) is 0 Å². The molecular formula is C7H6BI. The average molecular weight is 228 g/mol. The van der Waals surface area contributed by atoms with Crippen LogP contribution in [0.15, 0.2) is 24.3 Å². The van der Waals surface area contributed by atoms with Crippen LogP contribution >= 0.6 is 22.6 Å². The number of hydrogen-bond acceptors (Lipinski definition) is 0. The van der Waals surface area contributed by atoms with Crippen LogP contribution in [0.2, 0.25) is 0 Å². The molecule has 0 bridgehead atoms. The molecule has 0 aliphatic heterocycles. The first-order valence-corrected chi connectivity index (χ1v) is 4.26. The largest absolute Gasteiger partial charge is 0.113 e. The van der Waals surface area contributed by atoms with Crippen LogP contribution in [0.4, 0.5) is 0 Å². The van der Waals surface area contributed by atoms with E-state index >= 15 is 0 Å². The zero-order valence-corrected chi connectivity index (χ0v) is 7.13. The van der Waals surface area contributed by atoms with Crippen molar-refractivity contribution in [2.24, 2.45) is 0 Å². The van der Waals surface area contributed by atoms with E-state index in [-0.39, 0.29) is 0 Å². The molecule has 44 valence electrons. The molecule has 9 heavy (non-hydrogen) atoms. The third kappa shape index (κ3) is 2.01. The first kappa shape index (κ1) is 7.13. The van der Waals surface area contributed by atoms with Crippen molar-refractivity contribution in [3.05, 3.63) is 29.8 Å². The van der Waals surface area contributed by atoms with Crippen molar-refractivity contribution in [1.82, 2.24) is 0 Å². The quantitative estimate of drug-likeness (QED) is 0.387. The van der Waals surface area contributed by atoms with E-state index in [4.69, 9.17) is 7.85 Å². The monoisotopic (exact) mass is 228 g/mol. The molecule has 0 amide bonds. The maximum atomic E-state index is 5.48. The number of rotatable bonds is 1. The number of benzene rings is 1. The van der Waals surface area contributed by atoms with Gasteiger partial charge in [-0.25, -0.2) is 0 Å². The van der Waals surface area contributed by atoms with Crippen LogP contribution < -0.4 is 5.46 Å². The van der Waals surface area contributed by atoms with Gasteiger partial charge >= 0.3 is 0 Å². The van der Waals surface area contributed by atoms with Crippen LogP contribution in [0, 0.1) is 0 Å². The van der Waals surface area contributed by atoms with Crippen LogP contribution in [0.25, 0.3) is 0 Å². The summed E-state index contributed by atoms with van der Waals surface area (Å²) in [5, 5.41) is 0. The molecule has 2 heteroatoms. The smallest absolute Gasteiger partial charge is 0.0967 e. The van der Waals surface area contributed by atoms with Crippen molar-refractivity contribution in [3.8, 4) is 0 Å². The summed E-state index contributed by atoms with van der Waals surface area (Å²) < 4.78 is 1.05. The Bertz CT molecular complexity index is 181. The van der Waals surface area contributed by atoms with Gasteiger partial charge in [-0.2, -0.15) is 0 Å². The molecule has 2 radical (unpaired) electrons. The summed E-state index contributed by atoms with van der Waals surface area (Å²) in [6.07, 6.45) is 0. The molecular weight excluding hydrogens is 222 g/mol. The summed E-state index contributed by atoms with van der Waals surface area (Å²) in [5.41, 5.74) is 2.16. The molecule has 0 atom stereocenters. The fourth-order valence-corrected chi connectivity index (χ4v) is 1.12.